The van der Waals surface area contributed by atoms with Crippen molar-refractivity contribution in [3.8, 4) is 0 Å². The van der Waals surface area contributed by atoms with Crippen LogP contribution >= 0.6 is 15.9 Å². The molecule has 1 aromatic carbocycles. The maximum atomic E-state index is 10.0. The lowest BCUT2D eigenvalue weighted by Crippen LogP contribution is -2.10. The van der Waals surface area contributed by atoms with Crippen LogP contribution in [0.15, 0.2) is 28.7 Å². The first-order chi connectivity index (χ1) is 9.72. The van der Waals surface area contributed by atoms with E-state index in [9.17, 15) is 5.11 Å². The van der Waals surface area contributed by atoms with Crippen LogP contribution < -0.4 is 0 Å². The first-order valence-corrected chi connectivity index (χ1v) is 8.94. The molecule has 1 unspecified atom stereocenters. The van der Waals surface area contributed by atoms with E-state index in [0.717, 1.165) is 23.7 Å². The third-order valence-corrected chi connectivity index (χ3v) is 4.30. The molecule has 0 spiro atoms. The van der Waals surface area contributed by atoms with E-state index in [1.54, 1.807) is 0 Å². The molecule has 0 saturated carbocycles. The van der Waals surface area contributed by atoms with Gasteiger partial charge in [-0.05, 0) is 30.5 Å². The van der Waals surface area contributed by atoms with Crippen LogP contribution in [0.3, 0.4) is 0 Å². The maximum absolute atomic E-state index is 10.0. The van der Waals surface area contributed by atoms with Gasteiger partial charge in [-0.3, -0.25) is 0 Å². The van der Waals surface area contributed by atoms with E-state index in [-0.39, 0.29) is 6.10 Å². The number of rotatable bonds is 11. The summed E-state index contributed by atoms with van der Waals surface area (Å²) < 4.78 is 1.10. The molecule has 0 radical (unpaired) electrons. The number of aliphatic hydroxyl groups is 1. The second kappa shape index (κ2) is 11.3. The van der Waals surface area contributed by atoms with Gasteiger partial charge in [0.05, 0.1) is 6.10 Å². The molecule has 114 valence electrons. The molecule has 1 atom stereocenters. The highest BCUT2D eigenvalue weighted by atomic mass is 79.9. The van der Waals surface area contributed by atoms with Gasteiger partial charge < -0.3 is 5.11 Å². The summed E-state index contributed by atoms with van der Waals surface area (Å²) in [7, 11) is 0. The van der Waals surface area contributed by atoms with E-state index >= 15 is 0 Å². The molecule has 20 heavy (non-hydrogen) atoms. The van der Waals surface area contributed by atoms with E-state index in [2.05, 4.69) is 35.0 Å². The number of hydrogen-bond donors (Lipinski definition) is 1. The van der Waals surface area contributed by atoms with Gasteiger partial charge in [-0.1, -0.05) is 86.4 Å². The molecule has 1 nitrogen and oxygen atoms in total. The summed E-state index contributed by atoms with van der Waals surface area (Å²) in [4.78, 5) is 0. The number of benzene rings is 1. The minimum absolute atomic E-state index is 0.184. The van der Waals surface area contributed by atoms with Crippen molar-refractivity contribution in [2.75, 3.05) is 0 Å². The molecule has 0 heterocycles. The van der Waals surface area contributed by atoms with Crippen LogP contribution in [-0.2, 0) is 6.42 Å². The van der Waals surface area contributed by atoms with Gasteiger partial charge in [-0.2, -0.15) is 0 Å². The molecule has 2 heteroatoms. The summed E-state index contributed by atoms with van der Waals surface area (Å²) in [5.74, 6) is 0. The van der Waals surface area contributed by atoms with E-state index < -0.39 is 0 Å². The Labute approximate surface area is 132 Å². The first kappa shape index (κ1) is 17.7. The minimum Gasteiger partial charge on any atom is -0.393 e. The summed E-state index contributed by atoms with van der Waals surface area (Å²) in [6.45, 7) is 2.26. The fourth-order valence-electron chi connectivity index (χ4n) is 2.51. The molecule has 0 amide bonds. The average Bonchev–Trinajstić information content (AvgIpc) is 2.44. The Morgan fingerprint density at radius 3 is 2.05 bits per heavy atom. The van der Waals surface area contributed by atoms with Crippen molar-refractivity contribution in [3.63, 3.8) is 0 Å². The van der Waals surface area contributed by atoms with Crippen molar-refractivity contribution >= 4 is 15.9 Å². The maximum Gasteiger partial charge on any atom is 0.0580 e. The molecule has 0 aliphatic carbocycles. The van der Waals surface area contributed by atoms with Crippen LogP contribution in [0.5, 0.6) is 0 Å². The van der Waals surface area contributed by atoms with Gasteiger partial charge in [0.15, 0.2) is 0 Å². The molecule has 0 saturated heterocycles. The lowest BCUT2D eigenvalue weighted by atomic mass is 10.0. The van der Waals surface area contributed by atoms with Crippen molar-refractivity contribution in [2.24, 2.45) is 0 Å². The Morgan fingerprint density at radius 1 is 0.900 bits per heavy atom. The Kier molecular flexibility index (Phi) is 10.0. The van der Waals surface area contributed by atoms with Crippen molar-refractivity contribution < 1.29 is 5.11 Å². The monoisotopic (exact) mass is 340 g/mol. The molecule has 0 bridgehead atoms. The Balaban J connectivity index is 2.00. The molecule has 1 aromatic rings. The van der Waals surface area contributed by atoms with Gasteiger partial charge in [0.2, 0.25) is 0 Å². The highest BCUT2D eigenvalue weighted by Gasteiger charge is 2.05. The van der Waals surface area contributed by atoms with Gasteiger partial charge in [-0.25, -0.2) is 0 Å². The first-order valence-electron chi connectivity index (χ1n) is 8.15. The number of aliphatic hydroxyl groups excluding tert-OH is 1. The lowest BCUT2D eigenvalue weighted by Gasteiger charge is -2.10. The summed E-state index contributed by atoms with van der Waals surface area (Å²) in [6.07, 6.45) is 12.1. The minimum atomic E-state index is -0.184. The zero-order valence-corrected chi connectivity index (χ0v) is 14.4. The molecule has 0 fully saturated rings. The van der Waals surface area contributed by atoms with Crippen LogP contribution in [0.25, 0.3) is 0 Å². The highest BCUT2D eigenvalue weighted by Crippen LogP contribution is 2.15. The largest absolute Gasteiger partial charge is 0.393 e. The van der Waals surface area contributed by atoms with Crippen LogP contribution in [-0.4, -0.2) is 11.2 Å². The van der Waals surface area contributed by atoms with E-state index in [0.29, 0.717) is 0 Å². The molecule has 0 aliphatic rings. The zero-order chi connectivity index (χ0) is 14.6. The number of halogens is 1. The Bertz CT molecular complexity index is 334. The predicted molar refractivity (Wildman–Crippen MR) is 91.1 cm³/mol. The van der Waals surface area contributed by atoms with Gasteiger partial charge >= 0.3 is 0 Å². The molecular formula is C18H29BrO. The highest BCUT2D eigenvalue weighted by molar-refractivity contribution is 9.10. The summed E-state index contributed by atoms with van der Waals surface area (Å²) in [5, 5.41) is 10.0. The zero-order valence-electron chi connectivity index (χ0n) is 12.8. The Hall–Kier alpha value is -0.340. The summed E-state index contributed by atoms with van der Waals surface area (Å²) in [6, 6.07) is 8.25. The Morgan fingerprint density at radius 2 is 1.45 bits per heavy atom. The third-order valence-electron chi connectivity index (χ3n) is 3.78. The molecule has 1 N–H and O–H groups in total. The van der Waals surface area contributed by atoms with Crippen LogP contribution in [0.2, 0.25) is 0 Å². The lowest BCUT2D eigenvalue weighted by molar-refractivity contribution is 0.161. The van der Waals surface area contributed by atoms with Gasteiger partial charge in [0.1, 0.15) is 0 Å². The predicted octanol–water partition coefficient (Wildman–Crippen LogP) is 5.88. The molecule has 1 rings (SSSR count). The third kappa shape index (κ3) is 8.76. The standard InChI is InChI=1S/C18H29BrO/c1-2-3-4-5-6-7-8-9-10-18(20)15-16-11-13-17(19)14-12-16/h11-14,18,20H,2-10,15H2,1H3. The van der Waals surface area contributed by atoms with Crippen molar-refractivity contribution in [1.82, 2.24) is 0 Å². The smallest absolute Gasteiger partial charge is 0.0580 e. The second-order valence-electron chi connectivity index (χ2n) is 5.75. The van der Waals surface area contributed by atoms with E-state index in [1.165, 1.54) is 50.5 Å². The van der Waals surface area contributed by atoms with E-state index in [1.807, 2.05) is 12.1 Å². The number of unbranched alkanes of at least 4 members (excludes halogenated alkanes) is 7. The fourth-order valence-corrected chi connectivity index (χ4v) is 2.77. The normalized spacial score (nSPS) is 12.6. The van der Waals surface area contributed by atoms with Crippen molar-refractivity contribution in [1.29, 1.82) is 0 Å². The summed E-state index contributed by atoms with van der Waals surface area (Å²) in [5.41, 5.74) is 1.22. The van der Waals surface area contributed by atoms with Crippen LogP contribution in [0.1, 0.15) is 70.3 Å². The fraction of sp³-hybridized carbons (Fsp3) is 0.667. The average molecular weight is 341 g/mol. The molecule has 0 aliphatic heterocycles. The van der Waals surface area contributed by atoms with Crippen LogP contribution in [0, 0.1) is 0 Å². The van der Waals surface area contributed by atoms with E-state index in [4.69, 9.17) is 0 Å². The topological polar surface area (TPSA) is 20.2 Å². The number of hydrogen-bond acceptors (Lipinski definition) is 1. The van der Waals surface area contributed by atoms with Crippen molar-refractivity contribution in [3.05, 3.63) is 34.3 Å². The van der Waals surface area contributed by atoms with Gasteiger partial charge in [0.25, 0.3) is 0 Å². The SMILES string of the molecule is CCCCCCCCCCC(O)Cc1ccc(Br)cc1. The van der Waals surface area contributed by atoms with Crippen molar-refractivity contribution in [2.45, 2.75) is 77.2 Å². The van der Waals surface area contributed by atoms with Crippen LogP contribution in [0.4, 0.5) is 0 Å². The van der Waals surface area contributed by atoms with Gasteiger partial charge in [-0.15, -0.1) is 0 Å². The summed E-state index contributed by atoms with van der Waals surface area (Å²) >= 11 is 3.43. The molecule has 0 aromatic heterocycles. The van der Waals surface area contributed by atoms with Gasteiger partial charge in [0, 0.05) is 4.47 Å². The second-order valence-corrected chi connectivity index (χ2v) is 6.66. The quantitative estimate of drug-likeness (QED) is 0.498. The molecular weight excluding hydrogens is 312 g/mol.